The summed E-state index contributed by atoms with van der Waals surface area (Å²) >= 11 is 0. The van der Waals surface area contributed by atoms with Crippen molar-refractivity contribution in [2.24, 2.45) is 7.05 Å². The molecule has 148 valence electrons. The van der Waals surface area contributed by atoms with Crippen molar-refractivity contribution in [1.29, 1.82) is 0 Å². The topological polar surface area (TPSA) is 59.4 Å². The first-order valence-electron chi connectivity index (χ1n) is 8.14. The maximum atomic E-state index is 13.0. The molecule has 1 unspecified atom stereocenters. The lowest BCUT2D eigenvalue weighted by atomic mass is 10.1. The number of carbonyl (C=O) groups is 1. The SMILES string of the molecule is Cl.Cn1ccnc1C1CNCCN1C(=O)COc1ccccc1C(F)(F)F. The van der Waals surface area contributed by atoms with Gasteiger partial charge >= 0.3 is 6.18 Å². The van der Waals surface area contributed by atoms with Crippen LogP contribution in [0, 0.1) is 0 Å². The van der Waals surface area contributed by atoms with E-state index in [1.165, 1.54) is 18.2 Å². The highest BCUT2D eigenvalue weighted by molar-refractivity contribution is 5.85. The number of hydrogen-bond acceptors (Lipinski definition) is 4. The van der Waals surface area contributed by atoms with E-state index in [1.54, 1.807) is 17.3 Å². The Morgan fingerprint density at radius 1 is 1.37 bits per heavy atom. The predicted molar refractivity (Wildman–Crippen MR) is 94.7 cm³/mol. The Kier molecular flexibility index (Phi) is 6.72. The molecule has 27 heavy (non-hydrogen) atoms. The van der Waals surface area contributed by atoms with Gasteiger partial charge in [-0.05, 0) is 12.1 Å². The van der Waals surface area contributed by atoms with Gasteiger partial charge in [0.25, 0.3) is 5.91 Å². The number of carbonyl (C=O) groups excluding carboxylic acids is 1. The van der Waals surface area contributed by atoms with Crippen LogP contribution in [0.4, 0.5) is 13.2 Å². The average molecular weight is 405 g/mol. The minimum absolute atomic E-state index is 0. The molecule has 0 saturated carbocycles. The van der Waals surface area contributed by atoms with Crippen LogP contribution in [0.3, 0.4) is 0 Å². The summed E-state index contributed by atoms with van der Waals surface area (Å²) in [5.41, 5.74) is -0.895. The maximum Gasteiger partial charge on any atom is 0.419 e. The Bertz CT molecular complexity index is 782. The van der Waals surface area contributed by atoms with Crippen LogP contribution in [0.1, 0.15) is 17.4 Å². The summed E-state index contributed by atoms with van der Waals surface area (Å²) < 4.78 is 46.1. The van der Waals surface area contributed by atoms with Gasteiger partial charge in [0.2, 0.25) is 0 Å². The zero-order chi connectivity index (χ0) is 18.7. The Labute approximate surface area is 160 Å². The molecule has 1 fully saturated rings. The van der Waals surface area contributed by atoms with Crippen molar-refractivity contribution in [3.63, 3.8) is 0 Å². The molecule has 1 atom stereocenters. The van der Waals surface area contributed by atoms with Gasteiger partial charge in [-0.25, -0.2) is 4.98 Å². The molecular formula is C17H20ClF3N4O2. The Morgan fingerprint density at radius 3 is 2.78 bits per heavy atom. The molecule has 6 nitrogen and oxygen atoms in total. The van der Waals surface area contributed by atoms with Gasteiger partial charge in [-0.1, -0.05) is 12.1 Å². The first-order chi connectivity index (χ1) is 12.4. The van der Waals surface area contributed by atoms with Crippen molar-refractivity contribution in [3.05, 3.63) is 48.0 Å². The minimum Gasteiger partial charge on any atom is -0.483 e. The molecule has 1 aliphatic rings. The normalized spacial score (nSPS) is 17.3. The number of halogens is 4. The fourth-order valence-electron chi connectivity index (χ4n) is 2.98. The van der Waals surface area contributed by atoms with Gasteiger partial charge in [-0.3, -0.25) is 4.79 Å². The Hall–Kier alpha value is -2.26. The highest BCUT2D eigenvalue weighted by atomic mass is 35.5. The molecule has 1 N–H and O–H groups in total. The molecule has 2 heterocycles. The molecule has 1 aromatic heterocycles. The largest absolute Gasteiger partial charge is 0.483 e. The zero-order valence-electron chi connectivity index (χ0n) is 14.6. The van der Waals surface area contributed by atoms with Crippen LogP contribution >= 0.6 is 12.4 Å². The van der Waals surface area contributed by atoms with E-state index in [-0.39, 0.29) is 30.1 Å². The number of rotatable bonds is 4. The van der Waals surface area contributed by atoms with Crippen molar-refractivity contribution in [3.8, 4) is 5.75 Å². The molecule has 1 saturated heterocycles. The predicted octanol–water partition coefficient (Wildman–Crippen LogP) is 2.41. The van der Waals surface area contributed by atoms with E-state index in [4.69, 9.17) is 4.74 Å². The number of hydrogen-bond donors (Lipinski definition) is 1. The fraction of sp³-hybridized carbons (Fsp3) is 0.412. The molecule has 3 rings (SSSR count). The van der Waals surface area contributed by atoms with Crippen LogP contribution in [-0.2, 0) is 18.0 Å². The van der Waals surface area contributed by atoms with Gasteiger partial charge in [0.1, 0.15) is 17.6 Å². The van der Waals surface area contributed by atoms with Gasteiger partial charge in [0.15, 0.2) is 6.61 Å². The number of piperazine rings is 1. The highest BCUT2D eigenvalue weighted by Crippen LogP contribution is 2.36. The third kappa shape index (κ3) is 4.72. The molecule has 0 radical (unpaired) electrons. The van der Waals surface area contributed by atoms with Crippen molar-refractivity contribution in [2.75, 3.05) is 26.2 Å². The summed E-state index contributed by atoms with van der Waals surface area (Å²) in [6.07, 6.45) is -1.12. The van der Waals surface area contributed by atoms with Crippen LogP contribution in [0.2, 0.25) is 0 Å². The summed E-state index contributed by atoms with van der Waals surface area (Å²) in [7, 11) is 1.83. The monoisotopic (exact) mass is 404 g/mol. The number of para-hydroxylation sites is 1. The van der Waals surface area contributed by atoms with Crippen molar-refractivity contribution in [2.45, 2.75) is 12.2 Å². The Balaban J connectivity index is 0.00000261. The first-order valence-corrected chi connectivity index (χ1v) is 8.14. The number of benzene rings is 1. The molecule has 1 aromatic carbocycles. The average Bonchev–Trinajstić information content (AvgIpc) is 3.05. The van der Waals surface area contributed by atoms with Gasteiger partial charge in [0, 0.05) is 39.1 Å². The summed E-state index contributed by atoms with van der Waals surface area (Å²) in [6.45, 7) is 1.09. The summed E-state index contributed by atoms with van der Waals surface area (Å²) in [6, 6.07) is 4.57. The lowest BCUT2D eigenvalue weighted by molar-refractivity contribution is -0.142. The highest BCUT2D eigenvalue weighted by Gasteiger charge is 2.35. The van der Waals surface area contributed by atoms with E-state index in [0.717, 1.165) is 6.07 Å². The molecule has 1 aliphatic heterocycles. The number of nitrogens with one attached hydrogen (secondary N) is 1. The van der Waals surface area contributed by atoms with Crippen LogP contribution in [0.15, 0.2) is 36.7 Å². The van der Waals surface area contributed by atoms with E-state index in [9.17, 15) is 18.0 Å². The standard InChI is InChI=1S/C17H19F3N4O2.ClH/c1-23-8-7-22-16(23)13-10-21-6-9-24(13)15(25)11-26-14-5-3-2-4-12(14)17(18,19)20;/h2-5,7-8,13,21H,6,9-11H2,1H3;1H. The van der Waals surface area contributed by atoms with Gasteiger partial charge in [-0.15, -0.1) is 12.4 Å². The molecule has 0 spiro atoms. The lowest BCUT2D eigenvalue weighted by Gasteiger charge is -2.35. The molecule has 10 heteroatoms. The number of nitrogens with zero attached hydrogens (tertiary/aromatic N) is 3. The van der Waals surface area contributed by atoms with Gasteiger partial charge in [-0.2, -0.15) is 13.2 Å². The third-order valence-corrected chi connectivity index (χ3v) is 4.26. The van der Waals surface area contributed by atoms with Crippen LogP contribution in [-0.4, -0.2) is 46.6 Å². The summed E-state index contributed by atoms with van der Waals surface area (Å²) in [5, 5.41) is 3.20. The van der Waals surface area contributed by atoms with Crippen molar-refractivity contribution >= 4 is 18.3 Å². The van der Waals surface area contributed by atoms with Gasteiger partial charge in [0.05, 0.1) is 5.56 Å². The smallest absolute Gasteiger partial charge is 0.419 e. The maximum absolute atomic E-state index is 13.0. The van der Waals surface area contributed by atoms with E-state index in [1.807, 2.05) is 11.6 Å². The zero-order valence-corrected chi connectivity index (χ0v) is 15.4. The van der Waals surface area contributed by atoms with E-state index < -0.39 is 18.3 Å². The van der Waals surface area contributed by atoms with E-state index >= 15 is 0 Å². The van der Waals surface area contributed by atoms with Crippen molar-refractivity contribution < 1.29 is 22.7 Å². The second-order valence-corrected chi connectivity index (χ2v) is 5.99. The number of amides is 1. The van der Waals surface area contributed by atoms with Crippen LogP contribution in [0.5, 0.6) is 5.75 Å². The minimum atomic E-state index is -4.54. The number of aromatic nitrogens is 2. The number of alkyl halides is 3. The quantitative estimate of drug-likeness (QED) is 0.850. The number of aryl methyl sites for hydroxylation is 1. The van der Waals surface area contributed by atoms with Crippen LogP contribution < -0.4 is 10.1 Å². The lowest BCUT2D eigenvalue weighted by Crippen LogP contribution is -2.50. The van der Waals surface area contributed by atoms with E-state index in [0.29, 0.717) is 25.5 Å². The fourth-order valence-corrected chi connectivity index (χ4v) is 2.98. The first kappa shape index (κ1) is 21.0. The molecule has 0 bridgehead atoms. The van der Waals surface area contributed by atoms with Crippen LogP contribution in [0.25, 0.3) is 0 Å². The molecular weight excluding hydrogens is 385 g/mol. The number of imidazole rings is 1. The second kappa shape index (κ2) is 8.62. The second-order valence-electron chi connectivity index (χ2n) is 5.99. The molecule has 1 amide bonds. The summed E-state index contributed by atoms with van der Waals surface area (Å²) in [4.78, 5) is 18.5. The number of ether oxygens (including phenoxy) is 1. The van der Waals surface area contributed by atoms with Crippen molar-refractivity contribution in [1.82, 2.24) is 19.8 Å². The third-order valence-electron chi connectivity index (χ3n) is 4.26. The molecule has 0 aliphatic carbocycles. The summed E-state index contributed by atoms with van der Waals surface area (Å²) in [5.74, 6) is -0.0188. The molecule has 2 aromatic rings. The van der Waals surface area contributed by atoms with E-state index in [2.05, 4.69) is 10.3 Å². The van der Waals surface area contributed by atoms with Gasteiger partial charge < -0.3 is 19.5 Å². The Morgan fingerprint density at radius 2 is 2.11 bits per heavy atom.